The second-order valence-electron chi connectivity index (χ2n) is 7.36. The van der Waals surface area contributed by atoms with E-state index in [-0.39, 0.29) is 22.7 Å². The third-order valence-electron chi connectivity index (χ3n) is 4.85. The highest BCUT2D eigenvalue weighted by Gasteiger charge is 2.48. The van der Waals surface area contributed by atoms with Crippen LogP contribution in [0.4, 0.5) is 4.39 Å². The van der Waals surface area contributed by atoms with Gasteiger partial charge in [-0.15, -0.1) is 0 Å². The van der Waals surface area contributed by atoms with E-state index in [4.69, 9.17) is 4.42 Å². The van der Waals surface area contributed by atoms with E-state index in [1.54, 1.807) is 6.07 Å². The standard InChI is InChI=1S/C18H23FO2/c1-17(2,3)14-9-4-5-10-18(14,20)15-11-12-7-6-8-13(19)16(12)21-15/h6-8,11,14,20H,4-5,9-10H2,1-3H3. The quantitative estimate of drug-likeness (QED) is 0.802. The summed E-state index contributed by atoms with van der Waals surface area (Å²) < 4.78 is 19.6. The molecule has 1 aromatic heterocycles. The molecular weight excluding hydrogens is 267 g/mol. The Labute approximate surface area is 125 Å². The van der Waals surface area contributed by atoms with Gasteiger partial charge in [0.05, 0.1) is 0 Å². The van der Waals surface area contributed by atoms with Crippen LogP contribution in [0, 0.1) is 17.2 Å². The third kappa shape index (κ3) is 2.38. The SMILES string of the molecule is CC(C)(C)C1CCCCC1(O)c1cc2cccc(F)c2o1. The van der Waals surface area contributed by atoms with Gasteiger partial charge >= 0.3 is 0 Å². The minimum atomic E-state index is -0.998. The van der Waals surface area contributed by atoms with Gasteiger partial charge in [-0.2, -0.15) is 0 Å². The molecule has 0 radical (unpaired) electrons. The van der Waals surface area contributed by atoms with Crippen molar-refractivity contribution in [1.82, 2.24) is 0 Å². The molecule has 3 heteroatoms. The Bertz CT molecular complexity index is 653. The number of para-hydroxylation sites is 1. The molecule has 1 aliphatic carbocycles. The molecule has 0 aliphatic heterocycles. The highest BCUT2D eigenvalue weighted by Crippen LogP contribution is 2.50. The Morgan fingerprint density at radius 2 is 2.05 bits per heavy atom. The number of benzene rings is 1. The summed E-state index contributed by atoms with van der Waals surface area (Å²) in [4.78, 5) is 0. The molecule has 0 bridgehead atoms. The highest BCUT2D eigenvalue weighted by atomic mass is 19.1. The van der Waals surface area contributed by atoms with Crippen LogP contribution in [0.3, 0.4) is 0 Å². The van der Waals surface area contributed by atoms with Gasteiger partial charge in [-0.05, 0) is 36.3 Å². The first-order valence-electron chi connectivity index (χ1n) is 7.73. The molecule has 1 aromatic carbocycles. The number of fused-ring (bicyclic) bond motifs is 1. The molecule has 2 atom stereocenters. The number of rotatable bonds is 1. The summed E-state index contributed by atoms with van der Waals surface area (Å²) in [7, 11) is 0. The molecule has 0 amide bonds. The Kier molecular flexibility index (Phi) is 3.36. The Morgan fingerprint density at radius 1 is 1.29 bits per heavy atom. The number of hydrogen-bond acceptors (Lipinski definition) is 2. The Hall–Kier alpha value is -1.35. The van der Waals surface area contributed by atoms with Crippen LogP contribution < -0.4 is 0 Å². The summed E-state index contributed by atoms with van der Waals surface area (Å²) in [5.74, 6) is 0.259. The van der Waals surface area contributed by atoms with Crippen LogP contribution in [0.5, 0.6) is 0 Å². The number of hydrogen-bond donors (Lipinski definition) is 1. The molecule has 114 valence electrons. The van der Waals surface area contributed by atoms with Gasteiger partial charge < -0.3 is 9.52 Å². The summed E-state index contributed by atoms with van der Waals surface area (Å²) in [6.07, 6.45) is 3.75. The fourth-order valence-corrected chi connectivity index (χ4v) is 3.84. The van der Waals surface area contributed by atoms with E-state index in [1.165, 1.54) is 6.07 Å². The van der Waals surface area contributed by atoms with E-state index in [9.17, 15) is 9.50 Å². The average Bonchev–Trinajstić information content (AvgIpc) is 2.84. The average molecular weight is 290 g/mol. The van der Waals surface area contributed by atoms with Gasteiger partial charge in [0.1, 0.15) is 11.4 Å². The van der Waals surface area contributed by atoms with Crippen molar-refractivity contribution in [2.45, 2.75) is 52.1 Å². The second kappa shape index (κ2) is 4.84. The predicted octanol–water partition coefficient (Wildman–Crippen LogP) is 5.00. The lowest BCUT2D eigenvalue weighted by atomic mass is 9.63. The van der Waals surface area contributed by atoms with Crippen LogP contribution in [-0.2, 0) is 5.60 Å². The molecule has 21 heavy (non-hydrogen) atoms. The van der Waals surface area contributed by atoms with E-state index in [2.05, 4.69) is 20.8 Å². The topological polar surface area (TPSA) is 33.4 Å². The van der Waals surface area contributed by atoms with Crippen LogP contribution >= 0.6 is 0 Å². The molecule has 0 spiro atoms. The summed E-state index contributed by atoms with van der Waals surface area (Å²) in [5.41, 5.74) is -0.770. The van der Waals surface area contributed by atoms with Crippen LogP contribution in [0.15, 0.2) is 28.7 Å². The van der Waals surface area contributed by atoms with Gasteiger partial charge in [-0.25, -0.2) is 4.39 Å². The lowest BCUT2D eigenvalue weighted by Crippen LogP contribution is -2.44. The van der Waals surface area contributed by atoms with Crippen molar-refractivity contribution in [1.29, 1.82) is 0 Å². The molecular formula is C18H23FO2. The fourth-order valence-electron chi connectivity index (χ4n) is 3.84. The van der Waals surface area contributed by atoms with Gasteiger partial charge in [0.15, 0.2) is 11.4 Å². The minimum absolute atomic E-state index is 0.0211. The molecule has 1 fully saturated rings. The molecule has 2 aromatic rings. The number of furan rings is 1. The molecule has 1 aliphatic rings. The van der Waals surface area contributed by atoms with Crippen LogP contribution in [-0.4, -0.2) is 5.11 Å². The monoisotopic (exact) mass is 290 g/mol. The fraction of sp³-hybridized carbons (Fsp3) is 0.556. The maximum absolute atomic E-state index is 13.8. The second-order valence-corrected chi connectivity index (χ2v) is 7.36. The number of aliphatic hydroxyl groups is 1. The van der Waals surface area contributed by atoms with Crippen molar-refractivity contribution in [3.63, 3.8) is 0 Å². The minimum Gasteiger partial charge on any atom is -0.455 e. The van der Waals surface area contributed by atoms with E-state index in [0.717, 1.165) is 24.6 Å². The summed E-state index contributed by atoms with van der Waals surface area (Å²) >= 11 is 0. The Morgan fingerprint density at radius 3 is 2.71 bits per heavy atom. The largest absolute Gasteiger partial charge is 0.455 e. The van der Waals surface area contributed by atoms with Gasteiger partial charge in [-0.3, -0.25) is 0 Å². The molecule has 0 saturated heterocycles. The van der Waals surface area contributed by atoms with E-state index < -0.39 is 5.60 Å². The third-order valence-corrected chi connectivity index (χ3v) is 4.85. The Balaban J connectivity index is 2.11. The van der Waals surface area contributed by atoms with Crippen molar-refractivity contribution in [2.75, 3.05) is 0 Å². The van der Waals surface area contributed by atoms with Gasteiger partial charge in [0, 0.05) is 5.39 Å². The van der Waals surface area contributed by atoms with E-state index in [0.29, 0.717) is 12.2 Å². The number of halogens is 1. The van der Waals surface area contributed by atoms with Crippen LogP contribution in [0.2, 0.25) is 0 Å². The van der Waals surface area contributed by atoms with Crippen molar-refractivity contribution >= 4 is 11.0 Å². The maximum Gasteiger partial charge on any atom is 0.170 e. The molecule has 1 N–H and O–H groups in total. The summed E-state index contributed by atoms with van der Waals surface area (Å²) in [6.45, 7) is 6.45. The predicted molar refractivity (Wildman–Crippen MR) is 81.5 cm³/mol. The first kappa shape index (κ1) is 14.6. The van der Waals surface area contributed by atoms with Crippen molar-refractivity contribution < 1.29 is 13.9 Å². The van der Waals surface area contributed by atoms with Gasteiger partial charge in [-0.1, -0.05) is 45.7 Å². The van der Waals surface area contributed by atoms with Crippen LogP contribution in [0.1, 0.15) is 52.2 Å². The lowest BCUT2D eigenvalue weighted by Gasteiger charge is -2.45. The molecule has 2 unspecified atom stereocenters. The normalized spacial score (nSPS) is 27.2. The highest BCUT2D eigenvalue weighted by molar-refractivity contribution is 5.78. The van der Waals surface area contributed by atoms with Crippen molar-refractivity contribution in [2.24, 2.45) is 11.3 Å². The zero-order chi connectivity index (χ0) is 15.3. The molecule has 2 nitrogen and oxygen atoms in total. The first-order valence-corrected chi connectivity index (χ1v) is 7.73. The first-order chi connectivity index (χ1) is 9.82. The smallest absolute Gasteiger partial charge is 0.170 e. The lowest BCUT2D eigenvalue weighted by molar-refractivity contribution is -0.108. The van der Waals surface area contributed by atoms with E-state index >= 15 is 0 Å². The summed E-state index contributed by atoms with van der Waals surface area (Å²) in [5, 5.41) is 12.0. The summed E-state index contributed by atoms with van der Waals surface area (Å²) in [6, 6.07) is 6.69. The zero-order valence-corrected chi connectivity index (χ0v) is 12.9. The maximum atomic E-state index is 13.8. The zero-order valence-electron chi connectivity index (χ0n) is 12.9. The molecule has 3 rings (SSSR count). The van der Waals surface area contributed by atoms with Crippen molar-refractivity contribution in [3.8, 4) is 0 Å². The molecule has 1 heterocycles. The van der Waals surface area contributed by atoms with Crippen molar-refractivity contribution in [3.05, 3.63) is 35.8 Å². The van der Waals surface area contributed by atoms with Crippen LogP contribution in [0.25, 0.3) is 11.0 Å². The van der Waals surface area contributed by atoms with Gasteiger partial charge in [0.25, 0.3) is 0 Å². The van der Waals surface area contributed by atoms with E-state index in [1.807, 2.05) is 12.1 Å². The van der Waals surface area contributed by atoms with Gasteiger partial charge in [0.2, 0.25) is 0 Å². The molecule has 1 saturated carbocycles.